The number of hydrogen-bond acceptors (Lipinski definition) is 2. The van der Waals surface area contributed by atoms with Gasteiger partial charge in [-0.05, 0) is 24.1 Å². The summed E-state index contributed by atoms with van der Waals surface area (Å²) in [5, 5.41) is 2.81. The molecule has 1 N–H and O–H groups in total. The number of nitrogens with zero attached hydrogens (tertiary/aromatic N) is 2. The minimum atomic E-state index is -0.265. The van der Waals surface area contributed by atoms with E-state index in [-0.39, 0.29) is 11.8 Å². The smallest absolute Gasteiger partial charge is 0.317 e. The van der Waals surface area contributed by atoms with Crippen LogP contribution in [0.3, 0.4) is 0 Å². The van der Waals surface area contributed by atoms with Gasteiger partial charge >= 0.3 is 6.03 Å². The lowest BCUT2D eigenvalue weighted by atomic mass is 10.1. The van der Waals surface area contributed by atoms with Gasteiger partial charge in [0, 0.05) is 32.7 Å². The maximum absolute atomic E-state index is 13.0. The normalized spacial score (nSPS) is 15.1. The molecule has 6 heteroatoms. The van der Waals surface area contributed by atoms with Gasteiger partial charge < -0.3 is 15.1 Å². The van der Waals surface area contributed by atoms with Gasteiger partial charge in [0.25, 0.3) is 0 Å². The van der Waals surface area contributed by atoms with E-state index in [1.54, 1.807) is 15.9 Å². The first-order chi connectivity index (χ1) is 9.69. The minimum Gasteiger partial charge on any atom is -0.342 e. The molecule has 3 amide bonds. The molecule has 1 aromatic rings. The zero-order valence-electron chi connectivity index (χ0n) is 11.2. The number of rotatable bonds is 4. The third-order valence-electron chi connectivity index (χ3n) is 3.33. The SMILES string of the molecule is O=CN1CCN(C(=O)NCCc2cccc(F)c2)CC1. The molecule has 0 unspecified atom stereocenters. The number of hydrogen-bond donors (Lipinski definition) is 1. The number of urea groups is 1. The molecule has 0 spiro atoms. The molecule has 0 aliphatic carbocycles. The van der Waals surface area contributed by atoms with Crippen molar-refractivity contribution < 1.29 is 14.0 Å². The predicted octanol–water partition coefficient (Wildman–Crippen LogP) is 0.852. The summed E-state index contributed by atoms with van der Waals surface area (Å²) in [6.07, 6.45) is 1.40. The molecule has 2 rings (SSSR count). The summed E-state index contributed by atoms with van der Waals surface area (Å²) >= 11 is 0. The third kappa shape index (κ3) is 3.94. The van der Waals surface area contributed by atoms with Crippen molar-refractivity contribution in [3.8, 4) is 0 Å². The van der Waals surface area contributed by atoms with E-state index in [1.165, 1.54) is 12.1 Å². The Hall–Kier alpha value is -2.11. The standard InChI is InChI=1S/C14H18FN3O2/c15-13-3-1-2-12(10-13)4-5-16-14(20)18-8-6-17(11-19)7-9-18/h1-3,10-11H,4-9H2,(H,16,20). The summed E-state index contributed by atoms with van der Waals surface area (Å²) in [6.45, 7) is 2.70. The van der Waals surface area contributed by atoms with Crippen LogP contribution in [0.1, 0.15) is 5.56 Å². The van der Waals surface area contributed by atoms with Crippen LogP contribution in [-0.2, 0) is 11.2 Å². The van der Waals surface area contributed by atoms with Gasteiger partial charge in [-0.3, -0.25) is 4.79 Å². The maximum Gasteiger partial charge on any atom is 0.317 e. The van der Waals surface area contributed by atoms with Crippen molar-refractivity contribution in [3.63, 3.8) is 0 Å². The van der Waals surface area contributed by atoms with Gasteiger partial charge in [0.15, 0.2) is 0 Å². The average Bonchev–Trinajstić information content (AvgIpc) is 2.47. The number of piperazine rings is 1. The van der Waals surface area contributed by atoms with E-state index in [1.807, 2.05) is 6.07 Å². The van der Waals surface area contributed by atoms with Crippen molar-refractivity contribution in [3.05, 3.63) is 35.6 Å². The molecule has 0 atom stereocenters. The summed E-state index contributed by atoms with van der Waals surface area (Å²) < 4.78 is 13.0. The molecule has 1 saturated heterocycles. The van der Waals surface area contributed by atoms with Crippen molar-refractivity contribution in [2.45, 2.75) is 6.42 Å². The van der Waals surface area contributed by atoms with Crippen LogP contribution in [0.5, 0.6) is 0 Å². The van der Waals surface area contributed by atoms with Crippen molar-refractivity contribution in [1.82, 2.24) is 15.1 Å². The molecule has 108 valence electrons. The molecule has 0 aromatic heterocycles. The van der Waals surface area contributed by atoms with E-state index in [2.05, 4.69) is 5.32 Å². The Bertz CT molecular complexity index is 473. The Labute approximate surface area is 117 Å². The number of carbonyl (C=O) groups is 2. The van der Waals surface area contributed by atoms with Gasteiger partial charge in [0.2, 0.25) is 6.41 Å². The first kappa shape index (κ1) is 14.3. The van der Waals surface area contributed by atoms with Gasteiger partial charge in [0.05, 0.1) is 0 Å². The lowest BCUT2D eigenvalue weighted by Crippen LogP contribution is -2.51. The first-order valence-electron chi connectivity index (χ1n) is 6.65. The van der Waals surface area contributed by atoms with Crippen LogP contribution >= 0.6 is 0 Å². The monoisotopic (exact) mass is 279 g/mol. The lowest BCUT2D eigenvalue weighted by Gasteiger charge is -2.32. The molecule has 1 heterocycles. The molecule has 0 radical (unpaired) electrons. The third-order valence-corrected chi connectivity index (χ3v) is 3.33. The van der Waals surface area contributed by atoms with E-state index >= 15 is 0 Å². The largest absolute Gasteiger partial charge is 0.342 e. The second-order valence-corrected chi connectivity index (χ2v) is 4.74. The Kier molecular flexibility index (Phi) is 4.92. The molecule has 1 aliphatic heterocycles. The van der Waals surface area contributed by atoms with Gasteiger partial charge in [0.1, 0.15) is 5.82 Å². The van der Waals surface area contributed by atoms with E-state index in [0.29, 0.717) is 39.1 Å². The Morgan fingerprint density at radius 3 is 2.70 bits per heavy atom. The van der Waals surface area contributed by atoms with Crippen LogP contribution in [-0.4, -0.2) is 55.0 Å². The fraction of sp³-hybridized carbons (Fsp3) is 0.429. The second-order valence-electron chi connectivity index (χ2n) is 4.74. The fourth-order valence-corrected chi connectivity index (χ4v) is 2.15. The van der Waals surface area contributed by atoms with Gasteiger partial charge in [-0.15, -0.1) is 0 Å². The Morgan fingerprint density at radius 1 is 1.30 bits per heavy atom. The van der Waals surface area contributed by atoms with Gasteiger partial charge in [-0.2, -0.15) is 0 Å². The van der Waals surface area contributed by atoms with Gasteiger partial charge in [-0.1, -0.05) is 12.1 Å². The summed E-state index contributed by atoms with van der Waals surface area (Å²) in [4.78, 5) is 25.8. The fourth-order valence-electron chi connectivity index (χ4n) is 2.15. The van der Waals surface area contributed by atoms with Crippen LogP contribution in [0.15, 0.2) is 24.3 Å². The van der Waals surface area contributed by atoms with Gasteiger partial charge in [-0.25, -0.2) is 9.18 Å². The summed E-state index contributed by atoms with van der Waals surface area (Å²) in [7, 11) is 0. The summed E-state index contributed by atoms with van der Waals surface area (Å²) in [6, 6.07) is 6.22. The zero-order valence-corrected chi connectivity index (χ0v) is 11.2. The minimum absolute atomic E-state index is 0.132. The number of carbonyl (C=O) groups excluding carboxylic acids is 2. The summed E-state index contributed by atoms with van der Waals surface area (Å²) in [5.41, 5.74) is 0.857. The van der Waals surface area contributed by atoms with Crippen LogP contribution in [0.4, 0.5) is 9.18 Å². The first-order valence-corrected chi connectivity index (χ1v) is 6.65. The Morgan fingerprint density at radius 2 is 2.05 bits per heavy atom. The quantitative estimate of drug-likeness (QED) is 0.831. The Balaban J connectivity index is 1.71. The topological polar surface area (TPSA) is 52.7 Å². The van der Waals surface area contributed by atoms with Crippen molar-refractivity contribution in [1.29, 1.82) is 0 Å². The zero-order chi connectivity index (χ0) is 14.4. The molecule has 5 nitrogen and oxygen atoms in total. The molecule has 1 aliphatic rings. The highest BCUT2D eigenvalue weighted by molar-refractivity contribution is 5.74. The highest BCUT2D eigenvalue weighted by atomic mass is 19.1. The van der Waals surface area contributed by atoms with Crippen LogP contribution in [0.2, 0.25) is 0 Å². The van der Waals surface area contributed by atoms with E-state index in [0.717, 1.165) is 12.0 Å². The average molecular weight is 279 g/mol. The number of amides is 3. The van der Waals surface area contributed by atoms with Crippen molar-refractivity contribution >= 4 is 12.4 Å². The van der Waals surface area contributed by atoms with E-state index in [4.69, 9.17) is 0 Å². The highest BCUT2D eigenvalue weighted by Crippen LogP contribution is 2.04. The number of benzene rings is 1. The summed E-state index contributed by atoms with van der Waals surface area (Å²) in [5.74, 6) is -0.265. The van der Waals surface area contributed by atoms with Crippen LogP contribution < -0.4 is 5.32 Å². The van der Waals surface area contributed by atoms with Crippen LogP contribution in [0, 0.1) is 5.82 Å². The molecule has 0 saturated carbocycles. The number of halogens is 1. The molecule has 1 aromatic carbocycles. The molecule has 1 fully saturated rings. The second kappa shape index (κ2) is 6.88. The molecule has 0 bridgehead atoms. The van der Waals surface area contributed by atoms with E-state index < -0.39 is 0 Å². The predicted molar refractivity (Wildman–Crippen MR) is 72.7 cm³/mol. The van der Waals surface area contributed by atoms with Crippen molar-refractivity contribution in [2.75, 3.05) is 32.7 Å². The maximum atomic E-state index is 13.0. The van der Waals surface area contributed by atoms with Crippen LogP contribution in [0.25, 0.3) is 0 Å². The highest BCUT2D eigenvalue weighted by Gasteiger charge is 2.19. The van der Waals surface area contributed by atoms with E-state index in [9.17, 15) is 14.0 Å². The number of nitrogens with one attached hydrogen (secondary N) is 1. The molecule has 20 heavy (non-hydrogen) atoms. The molecular formula is C14H18FN3O2. The van der Waals surface area contributed by atoms with Crippen molar-refractivity contribution in [2.24, 2.45) is 0 Å². The lowest BCUT2D eigenvalue weighted by molar-refractivity contribution is -0.119. The molecular weight excluding hydrogens is 261 g/mol.